The van der Waals surface area contributed by atoms with Crippen molar-refractivity contribution in [3.63, 3.8) is 0 Å². The molecule has 0 saturated heterocycles. The molecule has 1 aromatic rings. The molecule has 0 aliphatic rings. The third-order valence-electron chi connectivity index (χ3n) is 2.38. The molecule has 21 heavy (non-hydrogen) atoms. The Balaban J connectivity index is 2.85. The number of urea groups is 1. The second-order valence-electron chi connectivity index (χ2n) is 3.80. The van der Waals surface area contributed by atoms with Crippen molar-refractivity contribution in [3.05, 3.63) is 32.8 Å². The first-order valence-electron chi connectivity index (χ1n) is 5.63. The van der Waals surface area contributed by atoms with Crippen LogP contribution < -0.4 is 27.6 Å². The van der Waals surface area contributed by atoms with Crippen LogP contribution in [0.25, 0.3) is 0 Å². The molecule has 11 heteroatoms. The van der Waals surface area contributed by atoms with E-state index >= 15 is 0 Å². The summed E-state index contributed by atoms with van der Waals surface area (Å²) in [6.45, 7) is 0.226. The van der Waals surface area contributed by atoms with Crippen LogP contribution in [0.3, 0.4) is 0 Å². The maximum Gasteiger partial charge on any atom is 0.312 e. The number of nitrogens with zero attached hydrogens (tertiary/aromatic N) is 1. The second-order valence-corrected chi connectivity index (χ2v) is 4.21. The summed E-state index contributed by atoms with van der Waals surface area (Å²) in [6, 6.07) is 1.56. The van der Waals surface area contributed by atoms with Gasteiger partial charge < -0.3 is 21.8 Å². The number of primary amides is 1. The summed E-state index contributed by atoms with van der Waals surface area (Å²) >= 11 is 5.83. The largest absolute Gasteiger partial charge is 0.352 e. The average Bonchev–Trinajstić information content (AvgIpc) is 2.42. The molecule has 0 fully saturated rings. The fourth-order valence-corrected chi connectivity index (χ4v) is 1.74. The van der Waals surface area contributed by atoms with Crippen molar-refractivity contribution in [2.75, 3.05) is 18.5 Å². The fourth-order valence-electron chi connectivity index (χ4n) is 1.47. The van der Waals surface area contributed by atoms with Crippen molar-refractivity contribution in [3.8, 4) is 0 Å². The van der Waals surface area contributed by atoms with Gasteiger partial charge in [-0.15, -0.1) is 0 Å². The van der Waals surface area contributed by atoms with Gasteiger partial charge in [-0.3, -0.25) is 20.8 Å². The van der Waals surface area contributed by atoms with Gasteiger partial charge in [0.1, 0.15) is 5.69 Å². The number of anilines is 1. The normalized spacial score (nSPS) is 9.81. The molecule has 0 aromatic heterocycles. The highest BCUT2D eigenvalue weighted by Gasteiger charge is 2.20. The van der Waals surface area contributed by atoms with Crippen molar-refractivity contribution in [1.29, 1.82) is 0 Å². The van der Waals surface area contributed by atoms with E-state index in [1.165, 1.54) is 6.07 Å². The number of hydrazine groups is 1. The van der Waals surface area contributed by atoms with Gasteiger partial charge in [-0.25, -0.2) is 4.79 Å². The van der Waals surface area contributed by atoms with Gasteiger partial charge in [0.05, 0.1) is 9.95 Å². The maximum atomic E-state index is 11.8. The molecule has 0 heterocycles. The summed E-state index contributed by atoms with van der Waals surface area (Å²) in [5.74, 6) is 4.56. The molecule has 1 aromatic carbocycles. The summed E-state index contributed by atoms with van der Waals surface area (Å²) in [7, 11) is 0. The summed E-state index contributed by atoms with van der Waals surface area (Å²) < 4.78 is 0. The standard InChI is InChI=1S/C10H13ClN6O4/c11-6-3-5(4-7(17(20)21)8(6)16-13)9(18)14-1-2-15-10(12)19/h3-4,16H,1-2,13H2,(H,14,18)(H3,12,15,19). The SMILES string of the molecule is NNc1c(Cl)cc(C(=O)NCCNC(N)=O)cc1[N+](=O)[O-]. The van der Waals surface area contributed by atoms with Crippen LogP contribution in [0.15, 0.2) is 12.1 Å². The fraction of sp³-hybridized carbons (Fsp3) is 0.200. The molecule has 10 nitrogen and oxygen atoms in total. The summed E-state index contributed by atoms with van der Waals surface area (Å²) in [4.78, 5) is 32.4. The number of halogens is 1. The number of nitrogen functional groups attached to an aromatic ring is 1. The van der Waals surface area contributed by atoms with E-state index in [0.717, 1.165) is 6.07 Å². The van der Waals surface area contributed by atoms with Gasteiger partial charge in [0.25, 0.3) is 11.6 Å². The lowest BCUT2D eigenvalue weighted by Gasteiger charge is -2.09. The number of carbonyl (C=O) groups is 2. The van der Waals surface area contributed by atoms with E-state index in [0.29, 0.717) is 0 Å². The second kappa shape index (κ2) is 7.26. The zero-order valence-corrected chi connectivity index (χ0v) is 11.4. The summed E-state index contributed by atoms with van der Waals surface area (Å²) in [5.41, 5.74) is 6.44. The molecular formula is C10H13ClN6O4. The van der Waals surface area contributed by atoms with Crippen LogP contribution in [-0.2, 0) is 0 Å². The van der Waals surface area contributed by atoms with Crippen LogP contribution in [-0.4, -0.2) is 30.0 Å². The molecule has 0 saturated carbocycles. The van der Waals surface area contributed by atoms with Crippen molar-refractivity contribution >= 4 is 34.9 Å². The minimum absolute atomic E-state index is 0.00947. The highest BCUT2D eigenvalue weighted by atomic mass is 35.5. The Kier molecular flexibility index (Phi) is 5.69. The molecule has 0 bridgehead atoms. The van der Waals surface area contributed by atoms with E-state index in [4.69, 9.17) is 23.2 Å². The molecule has 0 aliphatic heterocycles. The quantitative estimate of drug-likeness (QED) is 0.213. The van der Waals surface area contributed by atoms with Gasteiger partial charge in [-0.1, -0.05) is 11.6 Å². The van der Waals surface area contributed by atoms with Crippen LogP contribution in [0.4, 0.5) is 16.2 Å². The highest BCUT2D eigenvalue weighted by Crippen LogP contribution is 2.32. The van der Waals surface area contributed by atoms with E-state index in [1.54, 1.807) is 0 Å². The number of rotatable bonds is 6. The lowest BCUT2D eigenvalue weighted by molar-refractivity contribution is -0.384. The van der Waals surface area contributed by atoms with Gasteiger partial charge in [-0.2, -0.15) is 0 Å². The van der Waals surface area contributed by atoms with E-state index in [2.05, 4.69) is 16.1 Å². The molecule has 0 aliphatic carbocycles. The molecule has 114 valence electrons. The molecule has 0 unspecified atom stereocenters. The lowest BCUT2D eigenvalue weighted by atomic mass is 10.1. The molecule has 7 N–H and O–H groups in total. The van der Waals surface area contributed by atoms with Crippen LogP contribution in [0.1, 0.15) is 10.4 Å². The van der Waals surface area contributed by atoms with Gasteiger partial charge in [0.15, 0.2) is 0 Å². The third-order valence-corrected chi connectivity index (χ3v) is 2.68. The first-order chi connectivity index (χ1) is 9.86. The van der Waals surface area contributed by atoms with E-state index in [-0.39, 0.29) is 29.4 Å². The monoisotopic (exact) mass is 316 g/mol. The Bertz CT molecular complexity index is 579. The predicted molar refractivity (Wildman–Crippen MR) is 75.8 cm³/mol. The lowest BCUT2D eigenvalue weighted by Crippen LogP contribution is -2.37. The average molecular weight is 317 g/mol. The highest BCUT2D eigenvalue weighted by molar-refractivity contribution is 6.34. The first-order valence-corrected chi connectivity index (χ1v) is 6.00. The van der Waals surface area contributed by atoms with Gasteiger partial charge in [0.2, 0.25) is 0 Å². The zero-order chi connectivity index (χ0) is 16.0. The molecular weight excluding hydrogens is 304 g/mol. The molecule has 0 spiro atoms. The number of hydrogen-bond acceptors (Lipinski definition) is 6. The van der Waals surface area contributed by atoms with Crippen LogP contribution in [0, 0.1) is 10.1 Å². The minimum atomic E-state index is -0.721. The van der Waals surface area contributed by atoms with E-state index < -0.39 is 22.5 Å². The van der Waals surface area contributed by atoms with Crippen molar-refractivity contribution in [2.45, 2.75) is 0 Å². The molecule has 1 rings (SSSR count). The Labute approximate surface area is 123 Å². The summed E-state index contributed by atoms with van der Waals surface area (Å²) in [6.07, 6.45) is 0. The summed E-state index contributed by atoms with van der Waals surface area (Å²) in [5, 5.41) is 15.6. The maximum absolute atomic E-state index is 11.8. The van der Waals surface area contributed by atoms with Crippen molar-refractivity contribution in [1.82, 2.24) is 10.6 Å². The molecule has 3 amide bonds. The van der Waals surface area contributed by atoms with Crippen molar-refractivity contribution in [2.24, 2.45) is 11.6 Å². The van der Waals surface area contributed by atoms with Gasteiger partial charge >= 0.3 is 6.03 Å². The van der Waals surface area contributed by atoms with Crippen LogP contribution in [0.5, 0.6) is 0 Å². The number of carbonyl (C=O) groups excluding carboxylic acids is 2. The topological polar surface area (TPSA) is 165 Å². The third kappa shape index (κ3) is 4.47. The Morgan fingerprint density at radius 3 is 2.43 bits per heavy atom. The molecule has 0 atom stereocenters. The number of hydrogen-bond donors (Lipinski definition) is 5. The number of amides is 3. The predicted octanol–water partition coefficient (Wildman–Crippen LogP) is -0.0681. The molecule has 0 radical (unpaired) electrons. The Morgan fingerprint density at radius 1 is 1.29 bits per heavy atom. The smallest absolute Gasteiger partial charge is 0.312 e. The minimum Gasteiger partial charge on any atom is -0.352 e. The Morgan fingerprint density at radius 2 is 1.90 bits per heavy atom. The Hall–Kier alpha value is -2.59. The number of nitro benzene ring substituents is 1. The van der Waals surface area contributed by atoms with Crippen molar-refractivity contribution < 1.29 is 14.5 Å². The number of nitrogens with one attached hydrogen (secondary N) is 3. The van der Waals surface area contributed by atoms with Crippen LogP contribution >= 0.6 is 11.6 Å². The number of benzene rings is 1. The number of nitro groups is 1. The van der Waals surface area contributed by atoms with Crippen LogP contribution in [0.2, 0.25) is 5.02 Å². The first kappa shape index (κ1) is 16.5. The van der Waals surface area contributed by atoms with E-state index in [1.807, 2.05) is 0 Å². The zero-order valence-electron chi connectivity index (χ0n) is 10.7. The van der Waals surface area contributed by atoms with Gasteiger partial charge in [-0.05, 0) is 6.07 Å². The number of nitrogens with two attached hydrogens (primary N) is 2. The van der Waals surface area contributed by atoms with Gasteiger partial charge in [0, 0.05) is 24.7 Å². The van der Waals surface area contributed by atoms with E-state index in [9.17, 15) is 19.7 Å².